The molecule has 106 valence electrons. The van der Waals surface area contributed by atoms with Gasteiger partial charge in [-0.15, -0.1) is 0 Å². The molecule has 0 fully saturated rings. The minimum Gasteiger partial charge on any atom is -0.478 e. The van der Waals surface area contributed by atoms with Crippen LogP contribution in [0.4, 0.5) is 11.5 Å². The number of anilines is 2. The first-order valence-electron chi connectivity index (χ1n) is 6.57. The Morgan fingerprint density at radius 2 is 1.86 bits per heavy atom. The normalized spacial score (nSPS) is 10.1. The molecule has 0 atom stereocenters. The maximum Gasteiger partial charge on any atom is 0.335 e. The van der Waals surface area contributed by atoms with E-state index in [1.807, 2.05) is 6.07 Å². The quantitative estimate of drug-likeness (QED) is 0.770. The number of nitrogens with zero attached hydrogens (tertiary/aromatic N) is 2. The van der Waals surface area contributed by atoms with E-state index in [2.05, 4.69) is 16.4 Å². The van der Waals surface area contributed by atoms with Crippen LogP contribution in [0.3, 0.4) is 0 Å². The summed E-state index contributed by atoms with van der Waals surface area (Å²) in [4.78, 5) is 15.2. The van der Waals surface area contributed by atoms with E-state index in [1.54, 1.807) is 36.5 Å². The highest BCUT2D eigenvalue weighted by molar-refractivity contribution is 5.96. The minimum absolute atomic E-state index is 0.225. The molecule has 0 saturated carbocycles. The van der Waals surface area contributed by atoms with Gasteiger partial charge >= 0.3 is 5.97 Å². The first-order valence-corrected chi connectivity index (χ1v) is 6.57. The number of hydrogen-bond acceptors (Lipinski definition) is 4. The second-order valence-electron chi connectivity index (χ2n) is 4.68. The van der Waals surface area contributed by atoms with Crippen LogP contribution < -0.4 is 5.32 Å². The zero-order valence-electron chi connectivity index (χ0n) is 11.4. The van der Waals surface area contributed by atoms with Gasteiger partial charge in [-0.2, -0.15) is 5.26 Å². The number of pyridine rings is 1. The summed E-state index contributed by atoms with van der Waals surface area (Å²) in [5, 5.41) is 22.9. The van der Waals surface area contributed by atoms with Gasteiger partial charge in [0.2, 0.25) is 0 Å². The monoisotopic (exact) mass is 289 g/mol. The Morgan fingerprint density at radius 3 is 2.55 bits per heavy atom. The minimum atomic E-state index is -0.964. The number of nitriles is 1. The molecule has 2 aromatic carbocycles. The lowest BCUT2D eigenvalue weighted by atomic mass is 10.1. The molecule has 1 heterocycles. The molecule has 3 rings (SSSR count). The first-order chi connectivity index (χ1) is 10.7. The zero-order chi connectivity index (χ0) is 15.5. The second kappa shape index (κ2) is 5.54. The van der Waals surface area contributed by atoms with E-state index in [0.717, 1.165) is 16.5 Å². The third-order valence-electron chi connectivity index (χ3n) is 3.32. The summed E-state index contributed by atoms with van der Waals surface area (Å²) in [6, 6.07) is 15.8. The van der Waals surface area contributed by atoms with Gasteiger partial charge in [-0.25, -0.2) is 9.78 Å². The molecule has 2 N–H and O–H groups in total. The summed E-state index contributed by atoms with van der Waals surface area (Å²) in [6.45, 7) is 0. The molecule has 0 aliphatic rings. The molecular formula is C17H11N3O2. The Morgan fingerprint density at radius 1 is 1.09 bits per heavy atom. The van der Waals surface area contributed by atoms with Crippen LogP contribution in [0.25, 0.3) is 10.8 Å². The van der Waals surface area contributed by atoms with E-state index >= 15 is 0 Å². The van der Waals surface area contributed by atoms with Gasteiger partial charge in [-0.1, -0.05) is 12.1 Å². The van der Waals surface area contributed by atoms with Crippen molar-refractivity contribution in [1.82, 2.24) is 4.98 Å². The third-order valence-corrected chi connectivity index (χ3v) is 3.32. The van der Waals surface area contributed by atoms with Crippen molar-refractivity contribution in [1.29, 1.82) is 5.26 Å². The Balaban J connectivity index is 2.01. The van der Waals surface area contributed by atoms with Gasteiger partial charge in [0.15, 0.2) is 0 Å². The summed E-state index contributed by atoms with van der Waals surface area (Å²) >= 11 is 0. The van der Waals surface area contributed by atoms with Crippen molar-refractivity contribution < 1.29 is 9.90 Å². The maximum absolute atomic E-state index is 10.9. The van der Waals surface area contributed by atoms with Crippen molar-refractivity contribution in [3.63, 3.8) is 0 Å². The highest BCUT2D eigenvalue weighted by atomic mass is 16.4. The second-order valence-corrected chi connectivity index (χ2v) is 4.68. The van der Waals surface area contributed by atoms with Crippen LogP contribution in [0, 0.1) is 11.3 Å². The number of carboxylic acids is 1. The zero-order valence-corrected chi connectivity index (χ0v) is 11.4. The van der Waals surface area contributed by atoms with E-state index in [0.29, 0.717) is 11.4 Å². The number of carbonyl (C=O) groups is 1. The van der Waals surface area contributed by atoms with E-state index in [-0.39, 0.29) is 5.56 Å². The number of carboxylic acid groups (broad SMARTS) is 1. The molecule has 3 aromatic rings. The molecule has 0 saturated heterocycles. The Hall–Kier alpha value is -3.39. The molecule has 22 heavy (non-hydrogen) atoms. The van der Waals surface area contributed by atoms with Crippen LogP contribution in [0.2, 0.25) is 0 Å². The van der Waals surface area contributed by atoms with Crippen LogP contribution in [0.1, 0.15) is 15.9 Å². The number of aromatic nitrogens is 1. The standard InChI is InChI=1S/C17H11N3O2/c18-10-12-2-1-3-15-14(12)8-9-19-16(15)20-13-6-4-11(5-7-13)17(21)22/h1-9H,(H,19,20)(H,21,22). The lowest BCUT2D eigenvalue weighted by molar-refractivity contribution is 0.0697. The highest BCUT2D eigenvalue weighted by Crippen LogP contribution is 2.26. The van der Waals surface area contributed by atoms with Crippen LogP contribution >= 0.6 is 0 Å². The summed E-state index contributed by atoms with van der Waals surface area (Å²) in [7, 11) is 0. The van der Waals surface area contributed by atoms with Crippen LogP contribution in [0.5, 0.6) is 0 Å². The third kappa shape index (κ3) is 2.45. The van der Waals surface area contributed by atoms with Crippen molar-refractivity contribution in [2.24, 2.45) is 0 Å². The molecule has 0 radical (unpaired) electrons. The van der Waals surface area contributed by atoms with Gasteiger partial charge in [0, 0.05) is 22.7 Å². The molecule has 0 amide bonds. The Labute approximate surface area is 126 Å². The number of rotatable bonds is 3. The van der Waals surface area contributed by atoms with E-state index in [4.69, 9.17) is 10.4 Å². The smallest absolute Gasteiger partial charge is 0.335 e. The number of fused-ring (bicyclic) bond motifs is 1. The summed E-state index contributed by atoms with van der Waals surface area (Å²) in [6.07, 6.45) is 1.64. The van der Waals surface area contributed by atoms with Crippen molar-refractivity contribution >= 4 is 28.2 Å². The van der Waals surface area contributed by atoms with Gasteiger partial charge in [-0.3, -0.25) is 0 Å². The van der Waals surface area contributed by atoms with Crippen LogP contribution in [0.15, 0.2) is 54.7 Å². The van der Waals surface area contributed by atoms with Crippen LogP contribution in [-0.2, 0) is 0 Å². The average molecular weight is 289 g/mol. The summed E-state index contributed by atoms with van der Waals surface area (Å²) in [5.74, 6) is -0.342. The largest absolute Gasteiger partial charge is 0.478 e. The van der Waals surface area contributed by atoms with Gasteiger partial charge in [-0.05, 0) is 36.4 Å². The molecule has 5 heteroatoms. The molecule has 0 aliphatic heterocycles. The molecular weight excluding hydrogens is 278 g/mol. The van der Waals surface area contributed by atoms with Gasteiger partial charge in [0.1, 0.15) is 5.82 Å². The first kappa shape index (κ1) is 13.6. The Kier molecular flexibility index (Phi) is 3.42. The van der Waals surface area contributed by atoms with Gasteiger partial charge < -0.3 is 10.4 Å². The fourth-order valence-electron chi connectivity index (χ4n) is 2.24. The van der Waals surface area contributed by atoms with Crippen molar-refractivity contribution in [3.8, 4) is 6.07 Å². The van der Waals surface area contributed by atoms with Crippen molar-refractivity contribution in [3.05, 3.63) is 65.9 Å². The Bertz CT molecular complexity index is 896. The van der Waals surface area contributed by atoms with Crippen LogP contribution in [-0.4, -0.2) is 16.1 Å². The van der Waals surface area contributed by atoms with Gasteiger partial charge in [0.25, 0.3) is 0 Å². The highest BCUT2D eigenvalue weighted by Gasteiger charge is 2.07. The number of hydrogen-bond donors (Lipinski definition) is 2. The summed E-state index contributed by atoms with van der Waals surface area (Å²) < 4.78 is 0. The lowest BCUT2D eigenvalue weighted by Crippen LogP contribution is -1.98. The summed E-state index contributed by atoms with van der Waals surface area (Å²) in [5.41, 5.74) is 1.54. The molecule has 0 bridgehead atoms. The van der Waals surface area contributed by atoms with E-state index in [9.17, 15) is 4.79 Å². The van der Waals surface area contributed by atoms with E-state index < -0.39 is 5.97 Å². The van der Waals surface area contributed by atoms with E-state index in [1.165, 1.54) is 12.1 Å². The van der Waals surface area contributed by atoms with Crippen molar-refractivity contribution in [2.75, 3.05) is 5.32 Å². The molecule has 0 unspecified atom stereocenters. The van der Waals surface area contributed by atoms with Crippen molar-refractivity contribution in [2.45, 2.75) is 0 Å². The number of benzene rings is 2. The molecule has 5 nitrogen and oxygen atoms in total. The number of aromatic carboxylic acids is 1. The molecule has 0 aliphatic carbocycles. The molecule has 1 aromatic heterocycles. The predicted octanol–water partition coefficient (Wildman–Crippen LogP) is 3.55. The SMILES string of the molecule is N#Cc1cccc2c(Nc3ccc(C(=O)O)cc3)nccc12. The fourth-order valence-corrected chi connectivity index (χ4v) is 2.24. The van der Waals surface area contributed by atoms with Gasteiger partial charge in [0.05, 0.1) is 17.2 Å². The molecule has 0 spiro atoms. The number of nitrogens with one attached hydrogen (secondary N) is 1. The topological polar surface area (TPSA) is 86.0 Å². The maximum atomic E-state index is 10.9. The lowest BCUT2D eigenvalue weighted by Gasteiger charge is -2.09. The predicted molar refractivity (Wildman–Crippen MR) is 83.1 cm³/mol. The average Bonchev–Trinajstić information content (AvgIpc) is 2.55. The fraction of sp³-hybridized carbons (Fsp3) is 0.